The van der Waals surface area contributed by atoms with E-state index >= 15 is 0 Å². The standard InChI is InChI=1S/C39H48N6O5.2ClH/c1-7-18-45-28(3)41-36-30(12-10-13-34(36)45)31-15-16-32(37(40-26-47)38(31)49-6)39(48)43(5)33-17-14-27(2)24-35(33)50-23-9-8-11-29(25-46)44-21-19-42(4)20-22-44;;/h10,12-17,24,26H,7-9,11,18-23H2,1-6H3,(H,40,47);2*1H. The fourth-order valence-corrected chi connectivity index (χ4v) is 6.60. The lowest BCUT2D eigenvalue weighted by atomic mass is 9.98. The number of fused-ring (bicyclic) bond motifs is 1. The molecular weight excluding hydrogens is 703 g/mol. The SMILES string of the molecule is CCCn1c(C)nc2c(-c3ccc(C(=O)N(C)c4ccc(C)cc4OCCCCC(=C=O)N4CCN(C)CC4)c(NC=O)c3OC)cccc21.Cl.Cl. The molecule has 0 bridgehead atoms. The summed E-state index contributed by atoms with van der Waals surface area (Å²) in [6.45, 7) is 10.9. The van der Waals surface area contributed by atoms with Crippen LogP contribution in [0.2, 0.25) is 0 Å². The number of anilines is 2. The minimum atomic E-state index is -0.345. The van der Waals surface area contributed by atoms with Gasteiger partial charge in [-0.15, -0.1) is 24.8 Å². The van der Waals surface area contributed by atoms with E-state index in [2.05, 4.69) is 39.6 Å². The van der Waals surface area contributed by atoms with E-state index in [0.717, 1.165) is 85.7 Å². The fourth-order valence-electron chi connectivity index (χ4n) is 6.60. The van der Waals surface area contributed by atoms with Gasteiger partial charge in [0.25, 0.3) is 5.91 Å². The highest BCUT2D eigenvalue weighted by Gasteiger charge is 2.26. The van der Waals surface area contributed by atoms with Crippen molar-refractivity contribution in [2.24, 2.45) is 0 Å². The lowest BCUT2D eigenvalue weighted by Crippen LogP contribution is -2.44. The maximum absolute atomic E-state index is 14.2. The van der Waals surface area contributed by atoms with Gasteiger partial charge in [0.05, 0.1) is 47.4 Å². The highest BCUT2D eigenvalue weighted by Crippen LogP contribution is 2.42. The fraction of sp³-hybridized carbons (Fsp3) is 0.410. The molecular formula is C39H50Cl2N6O5. The molecule has 2 heterocycles. The summed E-state index contributed by atoms with van der Waals surface area (Å²) in [5.41, 5.74) is 6.23. The lowest BCUT2D eigenvalue weighted by molar-refractivity contribution is -0.105. The van der Waals surface area contributed by atoms with Gasteiger partial charge in [0.1, 0.15) is 17.5 Å². The smallest absolute Gasteiger partial charge is 0.260 e. The number of aromatic nitrogens is 2. The number of nitrogens with zero attached hydrogens (tertiary/aromatic N) is 5. The number of rotatable bonds is 15. The van der Waals surface area contributed by atoms with Gasteiger partial charge in [0.2, 0.25) is 6.41 Å². The van der Waals surface area contributed by atoms with Crippen molar-refractivity contribution in [1.82, 2.24) is 19.4 Å². The van der Waals surface area contributed by atoms with Crippen LogP contribution >= 0.6 is 24.8 Å². The van der Waals surface area contributed by atoms with Crippen LogP contribution < -0.4 is 19.7 Å². The molecule has 1 aliphatic rings. The van der Waals surface area contributed by atoms with Gasteiger partial charge in [-0.1, -0.05) is 25.1 Å². The summed E-state index contributed by atoms with van der Waals surface area (Å²) in [7, 11) is 5.30. The number of carbonyl (C=O) groups is 2. The number of piperazine rings is 1. The van der Waals surface area contributed by atoms with Gasteiger partial charge in [0, 0.05) is 50.9 Å². The number of benzene rings is 3. The molecule has 4 aromatic rings. The number of methoxy groups -OCH3 is 1. The Bertz CT molecular complexity index is 1900. The Morgan fingerprint density at radius 3 is 2.46 bits per heavy atom. The average molecular weight is 754 g/mol. The molecule has 0 radical (unpaired) electrons. The molecule has 52 heavy (non-hydrogen) atoms. The molecule has 0 saturated carbocycles. The first-order valence-electron chi connectivity index (χ1n) is 17.3. The molecule has 5 rings (SSSR count). The van der Waals surface area contributed by atoms with Crippen LogP contribution in [-0.2, 0) is 16.1 Å². The summed E-state index contributed by atoms with van der Waals surface area (Å²) >= 11 is 0. The summed E-state index contributed by atoms with van der Waals surface area (Å²) in [6.07, 6.45) is 3.69. The third kappa shape index (κ3) is 9.08. The number of carbonyl (C=O) groups excluding carboxylic acids is 3. The number of para-hydroxylation sites is 1. The number of ether oxygens (including phenoxy) is 2. The quantitative estimate of drug-likeness (QED) is 0.0791. The number of likely N-dealkylation sites (N-methyl/N-ethyl adjacent to an activating group) is 1. The summed E-state index contributed by atoms with van der Waals surface area (Å²) < 4.78 is 14.3. The average Bonchev–Trinajstić information content (AvgIpc) is 3.44. The van der Waals surface area contributed by atoms with Gasteiger partial charge in [-0.25, -0.2) is 9.78 Å². The number of unbranched alkanes of at least 4 members (excludes halogenated alkanes) is 1. The van der Waals surface area contributed by atoms with Gasteiger partial charge in [0.15, 0.2) is 5.75 Å². The van der Waals surface area contributed by atoms with Crippen molar-refractivity contribution in [3.8, 4) is 22.6 Å². The van der Waals surface area contributed by atoms with Crippen molar-refractivity contribution in [3.63, 3.8) is 0 Å². The van der Waals surface area contributed by atoms with Crippen LogP contribution in [0, 0.1) is 13.8 Å². The van der Waals surface area contributed by atoms with Crippen LogP contribution in [0.1, 0.15) is 54.4 Å². The molecule has 11 nitrogen and oxygen atoms in total. The van der Waals surface area contributed by atoms with Crippen molar-refractivity contribution in [1.29, 1.82) is 0 Å². The molecule has 1 aromatic heterocycles. The highest BCUT2D eigenvalue weighted by atomic mass is 35.5. The predicted octanol–water partition coefficient (Wildman–Crippen LogP) is 6.94. The molecule has 280 valence electrons. The molecule has 0 unspecified atom stereocenters. The van der Waals surface area contributed by atoms with E-state index in [9.17, 15) is 14.4 Å². The molecule has 0 atom stereocenters. The molecule has 13 heteroatoms. The Labute approximate surface area is 318 Å². The Hall–Kier alpha value is -4.54. The Morgan fingerprint density at radius 1 is 1.04 bits per heavy atom. The van der Waals surface area contributed by atoms with Crippen molar-refractivity contribution < 1.29 is 23.9 Å². The second kappa shape index (κ2) is 19.3. The zero-order valence-corrected chi connectivity index (χ0v) is 32.5. The van der Waals surface area contributed by atoms with E-state index in [1.807, 2.05) is 56.3 Å². The largest absolute Gasteiger partial charge is 0.494 e. The number of nitrogens with one attached hydrogen (secondary N) is 1. The van der Waals surface area contributed by atoms with E-state index < -0.39 is 0 Å². The number of hydrogen-bond acceptors (Lipinski definition) is 8. The number of aryl methyl sites for hydroxylation is 3. The van der Waals surface area contributed by atoms with Gasteiger partial charge < -0.3 is 34.1 Å². The maximum Gasteiger partial charge on any atom is 0.260 e. The van der Waals surface area contributed by atoms with E-state index in [1.54, 1.807) is 13.1 Å². The van der Waals surface area contributed by atoms with E-state index in [0.29, 0.717) is 42.2 Å². The van der Waals surface area contributed by atoms with Crippen LogP contribution in [0.5, 0.6) is 11.5 Å². The number of halogens is 2. The highest BCUT2D eigenvalue weighted by molar-refractivity contribution is 6.13. The molecule has 1 saturated heterocycles. The first kappa shape index (κ1) is 41.9. The number of hydrogen-bond donors (Lipinski definition) is 1. The molecule has 1 fully saturated rings. The van der Waals surface area contributed by atoms with Crippen molar-refractivity contribution in [2.45, 2.75) is 53.0 Å². The number of amides is 2. The topological polar surface area (TPSA) is 109 Å². The molecule has 0 spiro atoms. The molecule has 2 amide bonds. The lowest BCUT2D eigenvalue weighted by Gasteiger charge is -2.34. The zero-order valence-electron chi connectivity index (χ0n) is 30.9. The predicted molar refractivity (Wildman–Crippen MR) is 212 cm³/mol. The Kier molecular flexibility index (Phi) is 15.6. The first-order chi connectivity index (χ1) is 24.2. The van der Waals surface area contributed by atoms with Crippen LogP contribution in [0.3, 0.4) is 0 Å². The second-order valence-electron chi connectivity index (χ2n) is 12.8. The van der Waals surface area contributed by atoms with Gasteiger partial charge in [-0.3, -0.25) is 9.59 Å². The van der Waals surface area contributed by atoms with Gasteiger partial charge >= 0.3 is 0 Å². The van der Waals surface area contributed by atoms with E-state index in [-0.39, 0.29) is 42.0 Å². The molecule has 0 aliphatic carbocycles. The maximum atomic E-state index is 14.2. The molecule has 3 aromatic carbocycles. The van der Waals surface area contributed by atoms with E-state index in [1.165, 1.54) is 12.0 Å². The summed E-state index contributed by atoms with van der Waals surface area (Å²) in [4.78, 5) is 48.5. The third-order valence-corrected chi connectivity index (χ3v) is 9.35. The van der Waals surface area contributed by atoms with Gasteiger partial charge in [-0.05, 0) is 82.5 Å². The van der Waals surface area contributed by atoms with Crippen LogP contribution in [0.4, 0.5) is 11.4 Å². The Balaban J connectivity index is 0.00000364. The first-order valence-corrected chi connectivity index (χ1v) is 17.3. The van der Waals surface area contributed by atoms with Crippen molar-refractivity contribution >= 4 is 65.5 Å². The minimum Gasteiger partial charge on any atom is -0.494 e. The molecule has 1 aliphatic heterocycles. The summed E-state index contributed by atoms with van der Waals surface area (Å²) in [6, 6.07) is 15.3. The summed E-state index contributed by atoms with van der Waals surface area (Å²) in [5, 5.41) is 2.74. The monoisotopic (exact) mass is 752 g/mol. The number of allylic oxidation sites excluding steroid dienone is 1. The van der Waals surface area contributed by atoms with Crippen LogP contribution in [0.15, 0.2) is 54.2 Å². The third-order valence-electron chi connectivity index (χ3n) is 9.35. The van der Waals surface area contributed by atoms with Crippen molar-refractivity contribution in [2.75, 3.05) is 64.2 Å². The Morgan fingerprint density at radius 2 is 1.79 bits per heavy atom. The van der Waals surface area contributed by atoms with E-state index in [4.69, 9.17) is 14.5 Å². The summed E-state index contributed by atoms with van der Waals surface area (Å²) in [5.74, 6) is 3.66. The molecule has 1 N–H and O–H groups in total. The van der Waals surface area contributed by atoms with Gasteiger partial charge in [-0.2, -0.15) is 0 Å². The number of imidazole rings is 1. The van der Waals surface area contributed by atoms with Crippen molar-refractivity contribution in [3.05, 3.63) is 71.2 Å². The van der Waals surface area contributed by atoms with Crippen LogP contribution in [0.25, 0.3) is 22.2 Å². The van der Waals surface area contributed by atoms with Crippen LogP contribution in [-0.4, -0.2) is 91.6 Å². The second-order valence-corrected chi connectivity index (χ2v) is 12.8. The zero-order chi connectivity index (χ0) is 35.8. The minimum absolute atomic E-state index is 0. The normalized spacial score (nSPS) is 12.7.